The molecule has 0 N–H and O–H groups in total. The fraction of sp³-hybridized carbons (Fsp3) is 0.263. The summed E-state index contributed by atoms with van der Waals surface area (Å²) in [6, 6.07) is 19.2. The van der Waals surface area contributed by atoms with E-state index < -0.39 is 5.92 Å². The molecular formula is C19H19NO3. The van der Waals surface area contributed by atoms with Crippen molar-refractivity contribution in [3.05, 3.63) is 71.8 Å². The van der Waals surface area contributed by atoms with Crippen molar-refractivity contribution in [3.8, 4) is 0 Å². The quantitative estimate of drug-likeness (QED) is 0.816. The van der Waals surface area contributed by atoms with E-state index in [-0.39, 0.29) is 24.3 Å². The van der Waals surface area contributed by atoms with Crippen LogP contribution in [0.5, 0.6) is 0 Å². The number of carbonyl (C=O) groups excluding carboxylic acids is 2. The summed E-state index contributed by atoms with van der Waals surface area (Å²) < 4.78 is 4.91. The number of carbonyl (C=O) groups is 2. The summed E-state index contributed by atoms with van der Waals surface area (Å²) in [7, 11) is 1.37. The van der Waals surface area contributed by atoms with E-state index in [1.807, 2.05) is 60.7 Å². The number of methoxy groups -OCH3 is 1. The molecule has 4 heteroatoms. The molecule has 1 fully saturated rings. The third-order valence-electron chi connectivity index (χ3n) is 4.27. The molecule has 118 valence electrons. The Labute approximate surface area is 135 Å². The van der Waals surface area contributed by atoms with Crippen molar-refractivity contribution in [1.82, 2.24) is 4.90 Å². The van der Waals surface area contributed by atoms with Crippen molar-refractivity contribution >= 4 is 11.9 Å². The van der Waals surface area contributed by atoms with Gasteiger partial charge in [-0.15, -0.1) is 0 Å². The van der Waals surface area contributed by atoms with Crippen molar-refractivity contribution in [2.24, 2.45) is 5.92 Å². The minimum absolute atomic E-state index is 0.0156. The molecule has 2 aromatic rings. The number of likely N-dealkylation sites (tertiary alicyclic amines) is 1. The molecule has 0 bridgehead atoms. The van der Waals surface area contributed by atoms with Gasteiger partial charge in [0.2, 0.25) is 5.91 Å². The zero-order chi connectivity index (χ0) is 16.2. The Morgan fingerprint density at radius 1 is 1.09 bits per heavy atom. The number of ether oxygens (including phenoxy) is 1. The highest BCUT2D eigenvalue weighted by atomic mass is 16.5. The fourth-order valence-corrected chi connectivity index (χ4v) is 3.18. The lowest BCUT2D eigenvalue weighted by atomic mass is 9.93. The molecular weight excluding hydrogens is 290 g/mol. The summed E-state index contributed by atoms with van der Waals surface area (Å²) in [4.78, 5) is 26.4. The molecule has 0 aliphatic carbocycles. The molecule has 0 saturated carbocycles. The molecule has 0 aromatic heterocycles. The first kappa shape index (κ1) is 15.3. The van der Waals surface area contributed by atoms with Gasteiger partial charge < -0.3 is 9.64 Å². The van der Waals surface area contributed by atoms with E-state index in [2.05, 4.69) is 0 Å². The summed E-state index contributed by atoms with van der Waals surface area (Å²) in [5.74, 6) is -0.806. The fourth-order valence-electron chi connectivity index (χ4n) is 3.18. The molecule has 0 unspecified atom stereocenters. The van der Waals surface area contributed by atoms with Crippen molar-refractivity contribution in [2.75, 3.05) is 7.11 Å². The second kappa shape index (κ2) is 6.65. The summed E-state index contributed by atoms with van der Waals surface area (Å²) in [6.45, 7) is 0.493. The molecule has 4 nitrogen and oxygen atoms in total. The molecule has 0 radical (unpaired) electrons. The molecule has 23 heavy (non-hydrogen) atoms. The van der Waals surface area contributed by atoms with Crippen LogP contribution in [0.3, 0.4) is 0 Å². The summed E-state index contributed by atoms with van der Waals surface area (Å²) in [5, 5.41) is 0. The second-order valence-electron chi connectivity index (χ2n) is 5.70. The van der Waals surface area contributed by atoms with Crippen LogP contribution in [-0.4, -0.2) is 23.9 Å². The van der Waals surface area contributed by atoms with E-state index in [0.29, 0.717) is 6.54 Å². The third kappa shape index (κ3) is 3.11. The topological polar surface area (TPSA) is 46.6 Å². The lowest BCUT2D eigenvalue weighted by Gasteiger charge is -2.28. The molecule has 0 spiro atoms. The molecule has 1 heterocycles. The zero-order valence-electron chi connectivity index (χ0n) is 13.0. The Bertz CT molecular complexity index is 684. The SMILES string of the molecule is COC(=O)[C@H]1CC(=O)N(Cc2ccccc2)[C@H]1c1ccccc1. The number of esters is 1. The third-order valence-corrected chi connectivity index (χ3v) is 4.27. The van der Waals surface area contributed by atoms with Gasteiger partial charge in [-0.2, -0.15) is 0 Å². The van der Waals surface area contributed by atoms with Crippen molar-refractivity contribution in [2.45, 2.75) is 19.0 Å². The number of hydrogen-bond donors (Lipinski definition) is 0. The standard InChI is InChI=1S/C19H19NO3/c1-23-19(22)16-12-17(21)20(13-14-8-4-2-5-9-14)18(16)15-10-6-3-7-11-15/h2-11,16,18H,12-13H2,1H3/t16-,18-/m0/s1. The lowest BCUT2D eigenvalue weighted by Crippen LogP contribution is -2.30. The Morgan fingerprint density at radius 3 is 2.30 bits per heavy atom. The number of nitrogens with zero attached hydrogens (tertiary/aromatic N) is 1. The number of benzene rings is 2. The minimum atomic E-state index is -0.460. The first-order valence-electron chi connectivity index (χ1n) is 7.67. The molecule has 2 aromatic carbocycles. The molecule has 1 amide bonds. The van der Waals surface area contributed by atoms with E-state index in [1.165, 1.54) is 7.11 Å². The van der Waals surface area contributed by atoms with Crippen LogP contribution in [0.2, 0.25) is 0 Å². The second-order valence-corrected chi connectivity index (χ2v) is 5.70. The van der Waals surface area contributed by atoms with Crippen LogP contribution in [0.4, 0.5) is 0 Å². The Balaban J connectivity index is 1.95. The molecule has 2 atom stereocenters. The highest BCUT2D eigenvalue weighted by Gasteiger charge is 2.44. The van der Waals surface area contributed by atoms with Gasteiger partial charge >= 0.3 is 5.97 Å². The van der Waals surface area contributed by atoms with Gasteiger partial charge in [0.25, 0.3) is 0 Å². The van der Waals surface area contributed by atoms with Crippen LogP contribution in [0.25, 0.3) is 0 Å². The molecule has 1 aliphatic heterocycles. The van der Waals surface area contributed by atoms with E-state index in [9.17, 15) is 9.59 Å². The van der Waals surface area contributed by atoms with Gasteiger partial charge in [0, 0.05) is 13.0 Å². The van der Waals surface area contributed by atoms with Gasteiger partial charge in [0.1, 0.15) is 0 Å². The predicted molar refractivity (Wildman–Crippen MR) is 86.3 cm³/mol. The Hall–Kier alpha value is -2.62. The maximum Gasteiger partial charge on any atom is 0.311 e. The lowest BCUT2D eigenvalue weighted by molar-refractivity contribution is -0.146. The van der Waals surface area contributed by atoms with E-state index >= 15 is 0 Å². The Morgan fingerprint density at radius 2 is 1.70 bits per heavy atom. The monoisotopic (exact) mass is 309 g/mol. The number of amides is 1. The van der Waals surface area contributed by atoms with Gasteiger partial charge in [-0.1, -0.05) is 60.7 Å². The van der Waals surface area contributed by atoms with Gasteiger partial charge in [-0.3, -0.25) is 9.59 Å². The van der Waals surface area contributed by atoms with E-state index in [0.717, 1.165) is 11.1 Å². The highest BCUT2D eigenvalue weighted by molar-refractivity contribution is 5.88. The Kier molecular flexibility index (Phi) is 4.42. The van der Waals surface area contributed by atoms with Crippen molar-refractivity contribution in [1.29, 1.82) is 0 Å². The van der Waals surface area contributed by atoms with Crippen LogP contribution in [0, 0.1) is 5.92 Å². The van der Waals surface area contributed by atoms with Gasteiger partial charge in [0.15, 0.2) is 0 Å². The van der Waals surface area contributed by atoms with Crippen LogP contribution in [-0.2, 0) is 20.9 Å². The first-order chi connectivity index (χ1) is 11.2. The summed E-state index contributed by atoms with van der Waals surface area (Å²) in [6.07, 6.45) is 0.194. The average Bonchev–Trinajstić information content (AvgIpc) is 2.92. The van der Waals surface area contributed by atoms with E-state index in [4.69, 9.17) is 4.74 Å². The van der Waals surface area contributed by atoms with Crippen molar-refractivity contribution in [3.63, 3.8) is 0 Å². The number of hydrogen-bond acceptors (Lipinski definition) is 3. The van der Waals surface area contributed by atoms with Crippen LogP contribution in [0.1, 0.15) is 23.6 Å². The highest BCUT2D eigenvalue weighted by Crippen LogP contribution is 2.39. The normalized spacial score (nSPS) is 20.6. The summed E-state index contributed by atoms with van der Waals surface area (Å²) >= 11 is 0. The van der Waals surface area contributed by atoms with Crippen LogP contribution in [0.15, 0.2) is 60.7 Å². The molecule has 1 saturated heterocycles. The molecule has 1 aliphatic rings. The predicted octanol–water partition coefficient (Wildman–Crippen LogP) is 2.95. The first-order valence-corrected chi connectivity index (χ1v) is 7.67. The largest absolute Gasteiger partial charge is 0.469 e. The van der Waals surface area contributed by atoms with Gasteiger partial charge in [0.05, 0.1) is 19.1 Å². The zero-order valence-corrected chi connectivity index (χ0v) is 13.0. The molecule has 3 rings (SSSR count). The maximum absolute atomic E-state index is 12.5. The number of rotatable bonds is 4. The van der Waals surface area contributed by atoms with Crippen molar-refractivity contribution < 1.29 is 14.3 Å². The van der Waals surface area contributed by atoms with Gasteiger partial charge in [-0.25, -0.2) is 0 Å². The van der Waals surface area contributed by atoms with Crippen LogP contribution >= 0.6 is 0 Å². The van der Waals surface area contributed by atoms with Crippen LogP contribution < -0.4 is 0 Å². The summed E-state index contributed by atoms with van der Waals surface area (Å²) in [5.41, 5.74) is 2.01. The van der Waals surface area contributed by atoms with Gasteiger partial charge in [-0.05, 0) is 11.1 Å². The smallest absolute Gasteiger partial charge is 0.311 e. The maximum atomic E-state index is 12.5. The average molecular weight is 309 g/mol. The minimum Gasteiger partial charge on any atom is -0.469 e. The van der Waals surface area contributed by atoms with E-state index in [1.54, 1.807) is 4.90 Å².